The Labute approximate surface area is 198 Å². The van der Waals surface area contributed by atoms with Crippen molar-refractivity contribution in [3.8, 4) is 22.1 Å². The van der Waals surface area contributed by atoms with E-state index >= 15 is 0 Å². The summed E-state index contributed by atoms with van der Waals surface area (Å²) in [6.45, 7) is 7.06. The molecule has 1 fully saturated rings. The first-order valence-corrected chi connectivity index (χ1v) is 12.0. The van der Waals surface area contributed by atoms with Crippen molar-refractivity contribution < 1.29 is 14.3 Å². The van der Waals surface area contributed by atoms with Gasteiger partial charge in [0.1, 0.15) is 22.1 Å². The molecule has 0 N–H and O–H groups in total. The van der Waals surface area contributed by atoms with Crippen LogP contribution in [0.2, 0.25) is 5.02 Å². The fraction of sp³-hybridized carbons (Fsp3) is 0.360. The Bertz CT molecular complexity index is 1070. The molecule has 2 aromatic carbocycles. The highest BCUT2D eigenvalue weighted by atomic mass is 35.5. The molecule has 1 amide bonds. The van der Waals surface area contributed by atoms with E-state index < -0.39 is 5.60 Å². The van der Waals surface area contributed by atoms with Gasteiger partial charge in [-0.25, -0.2) is 9.78 Å². The molecule has 7 heteroatoms. The van der Waals surface area contributed by atoms with Crippen molar-refractivity contribution in [1.82, 2.24) is 9.88 Å². The molecule has 0 saturated carbocycles. The number of hydrogen-bond donors (Lipinski definition) is 0. The summed E-state index contributed by atoms with van der Waals surface area (Å²) in [5.74, 6) is 1.85. The van der Waals surface area contributed by atoms with Crippen LogP contribution in [0.4, 0.5) is 4.79 Å². The zero-order valence-corrected chi connectivity index (χ0v) is 20.1. The fourth-order valence-electron chi connectivity index (χ4n) is 3.62. The average molecular weight is 471 g/mol. The van der Waals surface area contributed by atoms with Crippen molar-refractivity contribution in [2.75, 3.05) is 13.1 Å². The third kappa shape index (κ3) is 5.81. The van der Waals surface area contributed by atoms with Gasteiger partial charge in [-0.15, -0.1) is 11.3 Å². The molecule has 1 aromatic heterocycles. The number of amides is 1. The van der Waals surface area contributed by atoms with E-state index in [2.05, 4.69) is 5.38 Å². The number of carbonyl (C=O) groups excluding carboxylic acids is 1. The number of ether oxygens (including phenoxy) is 2. The largest absolute Gasteiger partial charge is 0.457 e. The van der Waals surface area contributed by atoms with Crippen LogP contribution in [0.15, 0.2) is 53.9 Å². The van der Waals surface area contributed by atoms with E-state index in [4.69, 9.17) is 26.1 Å². The van der Waals surface area contributed by atoms with Crippen molar-refractivity contribution >= 4 is 29.0 Å². The van der Waals surface area contributed by atoms with Crippen LogP contribution in [0, 0.1) is 0 Å². The van der Waals surface area contributed by atoms with Gasteiger partial charge >= 0.3 is 6.09 Å². The topological polar surface area (TPSA) is 51.7 Å². The minimum Gasteiger partial charge on any atom is -0.457 e. The molecule has 4 rings (SSSR count). The molecule has 0 aliphatic carbocycles. The van der Waals surface area contributed by atoms with E-state index in [1.165, 1.54) is 0 Å². The van der Waals surface area contributed by atoms with Gasteiger partial charge < -0.3 is 14.4 Å². The third-order valence-electron chi connectivity index (χ3n) is 5.22. The van der Waals surface area contributed by atoms with Crippen LogP contribution in [-0.4, -0.2) is 34.7 Å². The minimum absolute atomic E-state index is 0.229. The molecule has 0 unspecified atom stereocenters. The van der Waals surface area contributed by atoms with Crippen LogP contribution < -0.4 is 4.74 Å². The summed E-state index contributed by atoms with van der Waals surface area (Å²) in [7, 11) is 0. The van der Waals surface area contributed by atoms with Crippen LogP contribution >= 0.6 is 22.9 Å². The van der Waals surface area contributed by atoms with Gasteiger partial charge in [0, 0.05) is 35.0 Å². The van der Waals surface area contributed by atoms with Crippen LogP contribution in [-0.2, 0) is 4.74 Å². The molecule has 1 aliphatic rings. The molecule has 0 radical (unpaired) electrons. The number of benzene rings is 2. The van der Waals surface area contributed by atoms with Gasteiger partial charge in [0.15, 0.2) is 0 Å². The molecule has 0 bridgehead atoms. The molecule has 5 nitrogen and oxygen atoms in total. The lowest BCUT2D eigenvalue weighted by atomic mass is 9.94. The Balaban J connectivity index is 1.39. The number of carbonyl (C=O) groups is 1. The van der Waals surface area contributed by atoms with Crippen molar-refractivity contribution in [2.45, 2.75) is 45.1 Å². The Hall–Kier alpha value is -2.57. The lowest BCUT2D eigenvalue weighted by molar-refractivity contribution is 0.0204. The zero-order valence-electron chi connectivity index (χ0n) is 18.5. The van der Waals surface area contributed by atoms with Crippen LogP contribution in [0.1, 0.15) is 45.2 Å². The van der Waals surface area contributed by atoms with Gasteiger partial charge in [-0.1, -0.05) is 23.7 Å². The van der Waals surface area contributed by atoms with E-state index in [1.807, 2.05) is 69.3 Å². The first-order valence-electron chi connectivity index (χ1n) is 10.7. The summed E-state index contributed by atoms with van der Waals surface area (Å²) < 4.78 is 11.5. The number of likely N-dealkylation sites (tertiary alicyclic amines) is 1. The number of hydrogen-bond acceptors (Lipinski definition) is 5. The van der Waals surface area contributed by atoms with Crippen LogP contribution in [0.5, 0.6) is 11.5 Å². The number of nitrogens with zero attached hydrogens (tertiary/aromatic N) is 2. The standard InChI is InChI=1S/C25H27ClN2O3S/c1-25(2,3)31-24(29)28-13-11-17(12-14-28)22-16-32-23(27-22)18-5-4-6-21(15-18)30-20-9-7-19(26)8-10-20/h4-10,15-17H,11-14H2,1-3H3. The predicted molar refractivity (Wildman–Crippen MR) is 129 cm³/mol. The fourth-order valence-corrected chi connectivity index (χ4v) is 4.65. The normalized spacial score (nSPS) is 14.9. The molecule has 32 heavy (non-hydrogen) atoms. The van der Waals surface area contributed by atoms with Gasteiger partial charge in [-0.2, -0.15) is 0 Å². The van der Waals surface area contributed by atoms with E-state index in [0.29, 0.717) is 24.0 Å². The van der Waals surface area contributed by atoms with Gasteiger partial charge in [-0.05, 0) is 70.0 Å². The Morgan fingerprint density at radius 3 is 2.50 bits per heavy atom. The molecule has 2 heterocycles. The Morgan fingerprint density at radius 2 is 1.81 bits per heavy atom. The first-order chi connectivity index (χ1) is 15.3. The quantitative estimate of drug-likeness (QED) is 0.399. The highest BCUT2D eigenvalue weighted by Crippen LogP contribution is 2.34. The lowest BCUT2D eigenvalue weighted by Gasteiger charge is -2.32. The molecule has 168 valence electrons. The summed E-state index contributed by atoms with van der Waals surface area (Å²) in [5.41, 5.74) is 1.65. The van der Waals surface area contributed by atoms with Crippen LogP contribution in [0.3, 0.4) is 0 Å². The molecular formula is C25H27ClN2O3S. The number of halogens is 1. The highest BCUT2D eigenvalue weighted by Gasteiger charge is 2.28. The maximum absolute atomic E-state index is 12.3. The number of piperidine rings is 1. The zero-order chi connectivity index (χ0) is 22.7. The molecule has 3 aromatic rings. The molecule has 1 saturated heterocycles. The summed E-state index contributed by atoms with van der Waals surface area (Å²) in [6.07, 6.45) is 1.55. The SMILES string of the molecule is CC(C)(C)OC(=O)N1CCC(c2csc(-c3cccc(Oc4ccc(Cl)cc4)c3)n2)CC1. The Kier molecular flexibility index (Phi) is 6.72. The summed E-state index contributed by atoms with van der Waals surface area (Å²) in [4.78, 5) is 19.0. The molecular weight excluding hydrogens is 444 g/mol. The van der Waals surface area contributed by atoms with E-state index in [9.17, 15) is 4.79 Å². The summed E-state index contributed by atoms with van der Waals surface area (Å²) >= 11 is 7.59. The first kappa shape index (κ1) is 22.6. The van der Waals surface area contributed by atoms with Crippen molar-refractivity contribution in [3.63, 3.8) is 0 Å². The van der Waals surface area contributed by atoms with E-state index in [1.54, 1.807) is 16.2 Å². The number of rotatable bonds is 4. The van der Waals surface area contributed by atoms with Gasteiger partial charge in [0.05, 0.1) is 5.69 Å². The Morgan fingerprint density at radius 1 is 1.09 bits per heavy atom. The van der Waals surface area contributed by atoms with Crippen molar-refractivity contribution in [2.24, 2.45) is 0 Å². The monoisotopic (exact) mass is 470 g/mol. The van der Waals surface area contributed by atoms with Crippen LogP contribution in [0.25, 0.3) is 10.6 Å². The third-order valence-corrected chi connectivity index (χ3v) is 6.38. The van der Waals surface area contributed by atoms with Gasteiger partial charge in [0.2, 0.25) is 0 Å². The number of aromatic nitrogens is 1. The van der Waals surface area contributed by atoms with E-state index in [0.717, 1.165) is 40.6 Å². The van der Waals surface area contributed by atoms with Crippen molar-refractivity contribution in [3.05, 3.63) is 64.6 Å². The van der Waals surface area contributed by atoms with Gasteiger partial charge in [0.25, 0.3) is 0 Å². The second kappa shape index (κ2) is 9.51. The molecule has 1 aliphatic heterocycles. The smallest absolute Gasteiger partial charge is 0.410 e. The highest BCUT2D eigenvalue weighted by molar-refractivity contribution is 7.13. The molecule has 0 atom stereocenters. The predicted octanol–water partition coefficient (Wildman–Crippen LogP) is 7.37. The molecule has 0 spiro atoms. The second-order valence-electron chi connectivity index (χ2n) is 8.90. The average Bonchev–Trinajstić information content (AvgIpc) is 3.25. The maximum atomic E-state index is 12.3. The van der Waals surface area contributed by atoms with Crippen molar-refractivity contribution in [1.29, 1.82) is 0 Å². The minimum atomic E-state index is -0.469. The van der Waals surface area contributed by atoms with E-state index in [-0.39, 0.29) is 6.09 Å². The summed E-state index contributed by atoms with van der Waals surface area (Å²) in [6, 6.07) is 15.3. The number of thiazole rings is 1. The maximum Gasteiger partial charge on any atom is 0.410 e. The second-order valence-corrected chi connectivity index (χ2v) is 10.2. The lowest BCUT2D eigenvalue weighted by Crippen LogP contribution is -2.41. The summed E-state index contributed by atoms with van der Waals surface area (Å²) in [5, 5.41) is 3.78. The van der Waals surface area contributed by atoms with Gasteiger partial charge in [-0.3, -0.25) is 0 Å².